The molecule has 8 heteroatoms. The van der Waals surface area contributed by atoms with Crippen molar-refractivity contribution in [1.82, 2.24) is 14.9 Å². The van der Waals surface area contributed by atoms with Crippen LogP contribution in [0.15, 0.2) is 24.3 Å². The first-order valence-corrected chi connectivity index (χ1v) is 9.26. The van der Waals surface area contributed by atoms with Crippen LogP contribution in [0.1, 0.15) is 18.5 Å². The molecule has 0 unspecified atom stereocenters. The molecule has 0 bridgehead atoms. The molecule has 0 saturated heterocycles. The van der Waals surface area contributed by atoms with Crippen LogP contribution in [0.3, 0.4) is 0 Å². The van der Waals surface area contributed by atoms with E-state index in [9.17, 15) is 4.79 Å². The van der Waals surface area contributed by atoms with Gasteiger partial charge in [-0.05, 0) is 31.9 Å². The average Bonchev–Trinajstić information content (AvgIpc) is 2.63. The number of ether oxygens (including phenoxy) is 2. The van der Waals surface area contributed by atoms with E-state index in [2.05, 4.69) is 20.6 Å². The highest BCUT2D eigenvalue weighted by Gasteiger charge is 2.37. The Bertz CT molecular complexity index is 850. The predicted molar refractivity (Wildman–Crippen MR) is 108 cm³/mol. The number of carbonyl (C=O) groups is 1. The lowest BCUT2D eigenvalue weighted by Gasteiger charge is -2.36. The molecular weight excluding hydrogens is 358 g/mol. The van der Waals surface area contributed by atoms with Crippen LogP contribution in [0, 0.1) is 12.8 Å². The van der Waals surface area contributed by atoms with Gasteiger partial charge in [0.25, 0.3) is 0 Å². The van der Waals surface area contributed by atoms with Gasteiger partial charge in [-0.1, -0.05) is 0 Å². The number of hydrogen-bond donors (Lipinski definition) is 2. The minimum Gasteiger partial charge on any atom is -0.493 e. The maximum atomic E-state index is 12.0. The van der Waals surface area contributed by atoms with Crippen molar-refractivity contribution in [1.29, 1.82) is 0 Å². The van der Waals surface area contributed by atoms with Gasteiger partial charge in [0.1, 0.15) is 11.9 Å². The largest absolute Gasteiger partial charge is 0.493 e. The summed E-state index contributed by atoms with van der Waals surface area (Å²) in [6.45, 7) is 1.91. The van der Waals surface area contributed by atoms with Gasteiger partial charge >= 0.3 is 0 Å². The SMILES string of the molecule is CNc1cc(C)nc(Nc2ccc(OC)c(OC3CC(C(=O)N(C)C)C3)c2)n1. The molecule has 1 aliphatic rings. The number of hydrogen-bond acceptors (Lipinski definition) is 7. The molecule has 28 heavy (non-hydrogen) atoms. The fourth-order valence-electron chi connectivity index (χ4n) is 3.14. The van der Waals surface area contributed by atoms with Crippen molar-refractivity contribution in [3.8, 4) is 11.5 Å². The quantitative estimate of drug-likeness (QED) is 0.758. The van der Waals surface area contributed by atoms with Crippen molar-refractivity contribution in [2.45, 2.75) is 25.9 Å². The van der Waals surface area contributed by atoms with E-state index in [1.807, 2.05) is 38.2 Å². The van der Waals surface area contributed by atoms with Crippen molar-refractivity contribution in [2.75, 3.05) is 38.9 Å². The summed E-state index contributed by atoms with van der Waals surface area (Å²) in [6, 6.07) is 7.46. The lowest BCUT2D eigenvalue weighted by atomic mass is 9.81. The van der Waals surface area contributed by atoms with Gasteiger partial charge < -0.3 is 25.0 Å². The minimum atomic E-state index is 0.00386. The number of aromatic nitrogens is 2. The van der Waals surface area contributed by atoms with Gasteiger partial charge in [0.05, 0.1) is 7.11 Å². The number of anilines is 3. The Labute approximate surface area is 165 Å². The lowest BCUT2D eigenvalue weighted by molar-refractivity contribution is -0.138. The third kappa shape index (κ3) is 4.44. The van der Waals surface area contributed by atoms with E-state index in [0.717, 1.165) is 17.2 Å². The number of nitrogens with one attached hydrogen (secondary N) is 2. The Kier molecular flexibility index (Phi) is 5.87. The number of methoxy groups -OCH3 is 1. The van der Waals surface area contributed by atoms with Crippen molar-refractivity contribution >= 4 is 23.4 Å². The van der Waals surface area contributed by atoms with E-state index in [-0.39, 0.29) is 17.9 Å². The van der Waals surface area contributed by atoms with E-state index in [4.69, 9.17) is 9.47 Å². The number of aryl methyl sites for hydroxylation is 1. The summed E-state index contributed by atoms with van der Waals surface area (Å²) < 4.78 is 11.5. The second-order valence-corrected chi connectivity index (χ2v) is 7.10. The molecule has 0 aliphatic heterocycles. The molecule has 0 radical (unpaired) electrons. The number of amides is 1. The second kappa shape index (κ2) is 8.33. The molecular formula is C20H27N5O3. The van der Waals surface area contributed by atoms with E-state index in [1.54, 1.807) is 26.1 Å². The molecule has 3 rings (SSSR count). The highest BCUT2D eigenvalue weighted by molar-refractivity contribution is 5.79. The third-order valence-corrected chi connectivity index (χ3v) is 4.71. The normalized spacial score (nSPS) is 18.0. The van der Waals surface area contributed by atoms with Gasteiger partial charge in [0, 0.05) is 50.6 Å². The predicted octanol–water partition coefficient (Wildman–Crippen LogP) is 2.82. The van der Waals surface area contributed by atoms with Crippen LogP contribution >= 0.6 is 0 Å². The molecule has 0 atom stereocenters. The highest BCUT2D eigenvalue weighted by Crippen LogP contribution is 2.37. The zero-order valence-corrected chi connectivity index (χ0v) is 16.9. The maximum absolute atomic E-state index is 12.0. The smallest absolute Gasteiger partial charge is 0.229 e. The molecule has 150 valence electrons. The molecule has 2 aromatic rings. The minimum absolute atomic E-state index is 0.00386. The van der Waals surface area contributed by atoms with Crippen LogP contribution in [0.4, 0.5) is 17.5 Å². The van der Waals surface area contributed by atoms with E-state index >= 15 is 0 Å². The summed E-state index contributed by atoms with van der Waals surface area (Å²) in [5, 5.41) is 6.22. The van der Waals surface area contributed by atoms with Gasteiger partial charge in [-0.2, -0.15) is 4.98 Å². The molecule has 8 nitrogen and oxygen atoms in total. The van der Waals surface area contributed by atoms with E-state index in [0.29, 0.717) is 30.3 Å². The molecule has 1 fully saturated rings. The summed E-state index contributed by atoms with van der Waals surface area (Å²) in [7, 11) is 6.98. The Balaban J connectivity index is 1.71. The van der Waals surface area contributed by atoms with Crippen LogP contribution in [0.25, 0.3) is 0 Å². The molecule has 1 amide bonds. The number of rotatable bonds is 7. The summed E-state index contributed by atoms with van der Waals surface area (Å²) in [4.78, 5) is 22.4. The summed E-state index contributed by atoms with van der Waals surface area (Å²) in [6.07, 6.45) is 1.43. The Hall–Kier alpha value is -3.03. The van der Waals surface area contributed by atoms with Crippen LogP contribution in [-0.4, -0.2) is 55.1 Å². The van der Waals surface area contributed by atoms with Crippen LogP contribution in [0.2, 0.25) is 0 Å². The monoisotopic (exact) mass is 385 g/mol. The molecule has 2 N–H and O–H groups in total. The summed E-state index contributed by atoms with van der Waals surface area (Å²) in [5.74, 6) is 2.71. The van der Waals surface area contributed by atoms with Crippen molar-refractivity contribution in [3.63, 3.8) is 0 Å². The van der Waals surface area contributed by atoms with Gasteiger partial charge in [0.2, 0.25) is 11.9 Å². The van der Waals surface area contributed by atoms with Crippen molar-refractivity contribution in [3.05, 3.63) is 30.0 Å². The van der Waals surface area contributed by atoms with Crippen LogP contribution in [0.5, 0.6) is 11.5 Å². The molecule has 1 saturated carbocycles. The molecule has 1 aromatic carbocycles. The highest BCUT2D eigenvalue weighted by atomic mass is 16.5. The fourth-order valence-corrected chi connectivity index (χ4v) is 3.14. The molecule has 0 spiro atoms. The van der Waals surface area contributed by atoms with Crippen LogP contribution in [-0.2, 0) is 4.79 Å². The van der Waals surface area contributed by atoms with Crippen molar-refractivity contribution < 1.29 is 14.3 Å². The van der Waals surface area contributed by atoms with E-state index < -0.39 is 0 Å². The fraction of sp³-hybridized carbons (Fsp3) is 0.450. The first-order chi connectivity index (χ1) is 13.4. The Morgan fingerprint density at radius 2 is 1.93 bits per heavy atom. The first kappa shape index (κ1) is 19.7. The first-order valence-electron chi connectivity index (χ1n) is 9.26. The maximum Gasteiger partial charge on any atom is 0.229 e. The topological polar surface area (TPSA) is 88.6 Å². The lowest BCUT2D eigenvalue weighted by Crippen LogP contribution is -2.43. The Morgan fingerprint density at radius 3 is 2.57 bits per heavy atom. The van der Waals surface area contributed by atoms with E-state index in [1.165, 1.54) is 0 Å². The number of benzene rings is 1. The number of nitrogens with zero attached hydrogens (tertiary/aromatic N) is 3. The zero-order valence-electron chi connectivity index (χ0n) is 16.9. The summed E-state index contributed by atoms with van der Waals surface area (Å²) in [5.41, 5.74) is 1.65. The third-order valence-electron chi connectivity index (χ3n) is 4.71. The van der Waals surface area contributed by atoms with Crippen molar-refractivity contribution in [2.24, 2.45) is 5.92 Å². The molecule has 1 aromatic heterocycles. The van der Waals surface area contributed by atoms with Gasteiger partial charge in [-0.3, -0.25) is 4.79 Å². The molecule has 1 heterocycles. The Morgan fingerprint density at radius 1 is 1.18 bits per heavy atom. The standard InChI is InChI=1S/C20H27N5O3/c1-12-8-18(21-2)24-20(22-12)23-14-6-7-16(27-5)17(11-14)28-15-9-13(10-15)19(26)25(3)4/h6-8,11,13,15H,9-10H2,1-5H3,(H2,21,22,23,24). The number of carbonyl (C=O) groups excluding carboxylic acids is 1. The van der Waals surface area contributed by atoms with Gasteiger partial charge in [-0.25, -0.2) is 4.98 Å². The summed E-state index contributed by atoms with van der Waals surface area (Å²) >= 11 is 0. The zero-order chi connectivity index (χ0) is 20.3. The second-order valence-electron chi connectivity index (χ2n) is 7.10. The molecule has 1 aliphatic carbocycles. The van der Waals surface area contributed by atoms with Crippen LogP contribution < -0.4 is 20.1 Å². The van der Waals surface area contributed by atoms with Gasteiger partial charge in [-0.15, -0.1) is 0 Å². The van der Waals surface area contributed by atoms with Gasteiger partial charge in [0.15, 0.2) is 11.5 Å². The average molecular weight is 385 g/mol.